The standard InChI is InChI=1S/C18H14Cl2F9N5/c19-8-3-7(16(21,22)23)4-9(20)11(8)32-13(30)10-12(17(24,25)26)33-15(18(27,28)29)34-14(10)31-5-6-1-2-6/h3-4,6,14,31H,1-2,5H2,(H2,30,32)(H,33,34). The highest BCUT2D eigenvalue weighted by molar-refractivity contribution is 6.39. The number of rotatable bonds is 5. The van der Waals surface area contributed by atoms with Gasteiger partial charge in [0.05, 0.1) is 21.2 Å². The highest BCUT2D eigenvalue weighted by Gasteiger charge is 2.48. The minimum atomic E-state index is -5.35. The molecule has 188 valence electrons. The molecule has 1 saturated carbocycles. The van der Waals surface area contributed by atoms with Gasteiger partial charge in [-0.2, -0.15) is 39.5 Å². The fourth-order valence-electron chi connectivity index (χ4n) is 2.95. The molecule has 1 aromatic rings. The van der Waals surface area contributed by atoms with Gasteiger partial charge in [0, 0.05) is 6.54 Å². The van der Waals surface area contributed by atoms with Crippen LogP contribution < -0.4 is 16.4 Å². The molecule has 1 aliphatic heterocycles. The Hall–Kier alpha value is -2.19. The number of nitrogens with two attached hydrogens (primary N) is 1. The molecule has 1 unspecified atom stereocenters. The first kappa shape index (κ1) is 26.4. The van der Waals surface area contributed by atoms with Crippen LogP contribution in [-0.4, -0.2) is 36.7 Å². The van der Waals surface area contributed by atoms with Crippen LogP contribution in [0.25, 0.3) is 0 Å². The van der Waals surface area contributed by atoms with Crippen molar-refractivity contribution in [1.82, 2.24) is 10.6 Å². The van der Waals surface area contributed by atoms with Crippen LogP contribution in [0.4, 0.5) is 45.2 Å². The van der Waals surface area contributed by atoms with Crippen LogP contribution in [0.5, 0.6) is 0 Å². The fourth-order valence-corrected chi connectivity index (χ4v) is 3.52. The van der Waals surface area contributed by atoms with Gasteiger partial charge in [0.1, 0.15) is 23.4 Å². The Morgan fingerprint density at radius 2 is 1.56 bits per heavy atom. The molecule has 4 N–H and O–H groups in total. The minimum Gasteiger partial charge on any atom is -0.383 e. The van der Waals surface area contributed by atoms with Gasteiger partial charge in [-0.1, -0.05) is 23.2 Å². The number of nitrogens with one attached hydrogen (secondary N) is 2. The number of hydrogen-bond acceptors (Lipinski definition) is 4. The summed E-state index contributed by atoms with van der Waals surface area (Å²) in [7, 11) is 0. The predicted molar refractivity (Wildman–Crippen MR) is 107 cm³/mol. The van der Waals surface area contributed by atoms with E-state index in [1.807, 2.05) is 0 Å². The lowest BCUT2D eigenvalue weighted by Crippen LogP contribution is -2.51. The van der Waals surface area contributed by atoms with Gasteiger partial charge in [0.15, 0.2) is 0 Å². The number of allylic oxidation sites excluding steroid dienone is 1. The largest absolute Gasteiger partial charge is 0.449 e. The van der Waals surface area contributed by atoms with Gasteiger partial charge in [-0.05, 0) is 30.9 Å². The molecule has 0 aromatic heterocycles. The van der Waals surface area contributed by atoms with Crippen LogP contribution >= 0.6 is 23.2 Å². The molecule has 16 heteroatoms. The minimum absolute atomic E-state index is 0.0342. The van der Waals surface area contributed by atoms with E-state index >= 15 is 0 Å². The number of halogens is 11. The molecule has 1 aliphatic carbocycles. The van der Waals surface area contributed by atoms with Crippen LogP contribution in [0.1, 0.15) is 18.4 Å². The van der Waals surface area contributed by atoms with Crippen LogP contribution in [0.15, 0.2) is 33.4 Å². The van der Waals surface area contributed by atoms with Crippen molar-refractivity contribution < 1.29 is 39.5 Å². The Morgan fingerprint density at radius 1 is 1.00 bits per heavy atom. The van der Waals surface area contributed by atoms with E-state index in [-0.39, 0.29) is 12.5 Å². The molecule has 0 amide bonds. The highest BCUT2D eigenvalue weighted by Crippen LogP contribution is 2.41. The van der Waals surface area contributed by atoms with Crippen molar-refractivity contribution in [2.45, 2.75) is 37.5 Å². The van der Waals surface area contributed by atoms with Crippen LogP contribution in [-0.2, 0) is 6.18 Å². The second kappa shape index (κ2) is 9.11. The highest BCUT2D eigenvalue weighted by atomic mass is 35.5. The summed E-state index contributed by atoms with van der Waals surface area (Å²) in [5, 5.41) is 2.32. The summed E-state index contributed by atoms with van der Waals surface area (Å²) in [6, 6.07) is 0.862. The number of aliphatic imine (C=N–C) groups is 2. The van der Waals surface area contributed by atoms with Gasteiger partial charge in [-0.3, -0.25) is 5.32 Å². The van der Waals surface area contributed by atoms with Crippen molar-refractivity contribution in [3.05, 3.63) is 39.0 Å². The van der Waals surface area contributed by atoms with Crippen molar-refractivity contribution in [2.24, 2.45) is 21.6 Å². The van der Waals surface area contributed by atoms with E-state index in [0.717, 1.165) is 12.8 Å². The zero-order valence-electron chi connectivity index (χ0n) is 16.6. The molecule has 0 bridgehead atoms. The molecule has 34 heavy (non-hydrogen) atoms. The van der Waals surface area contributed by atoms with Crippen LogP contribution in [0.2, 0.25) is 10.0 Å². The summed E-state index contributed by atoms with van der Waals surface area (Å²) in [5.41, 5.74) is 0.986. The van der Waals surface area contributed by atoms with Crippen molar-refractivity contribution in [3.8, 4) is 0 Å². The fraction of sp³-hybridized carbons (Fsp3) is 0.444. The summed E-state index contributed by atoms with van der Waals surface area (Å²) in [6.07, 6.45) is -15.9. The Morgan fingerprint density at radius 3 is 2.00 bits per heavy atom. The quantitative estimate of drug-likeness (QED) is 0.254. The number of nitrogens with zero attached hydrogens (tertiary/aromatic N) is 2. The second-order valence-corrected chi connectivity index (χ2v) is 8.24. The summed E-state index contributed by atoms with van der Waals surface area (Å²) in [5.74, 6) is -2.87. The molecule has 2 aliphatic rings. The molecule has 0 saturated heterocycles. The van der Waals surface area contributed by atoms with Crippen molar-refractivity contribution >= 4 is 40.6 Å². The van der Waals surface area contributed by atoms with E-state index in [2.05, 4.69) is 15.3 Å². The van der Waals surface area contributed by atoms with Gasteiger partial charge in [0.25, 0.3) is 0 Å². The molecular formula is C18H14Cl2F9N5. The lowest BCUT2D eigenvalue weighted by atomic mass is 10.1. The first-order valence-corrected chi connectivity index (χ1v) is 10.1. The van der Waals surface area contributed by atoms with E-state index in [1.165, 1.54) is 5.32 Å². The number of benzene rings is 1. The van der Waals surface area contributed by atoms with Gasteiger partial charge in [-0.25, -0.2) is 9.98 Å². The van der Waals surface area contributed by atoms with Crippen LogP contribution in [0.3, 0.4) is 0 Å². The smallest absolute Gasteiger partial charge is 0.383 e. The lowest BCUT2D eigenvalue weighted by molar-refractivity contribution is -0.137. The predicted octanol–water partition coefficient (Wildman–Crippen LogP) is 5.71. The molecule has 1 aromatic carbocycles. The van der Waals surface area contributed by atoms with E-state index in [0.29, 0.717) is 12.1 Å². The van der Waals surface area contributed by atoms with E-state index < -0.39 is 68.9 Å². The Balaban J connectivity index is 2.12. The van der Waals surface area contributed by atoms with Gasteiger partial charge in [0.2, 0.25) is 5.84 Å². The maximum absolute atomic E-state index is 13.7. The summed E-state index contributed by atoms with van der Waals surface area (Å²) in [6.45, 7) is 0.0447. The maximum atomic E-state index is 13.7. The number of alkyl halides is 9. The molecule has 3 rings (SSSR count). The SMILES string of the molecule is NC(=Nc1c(Cl)cc(C(F)(F)F)cc1Cl)C1=C(C(F)(F)F)NC(C(F)(F)F)=NC1NCC1CC1. The topological polar surface area (TPSA) is 74.8 Å². The summed E-state index contributed by atoms with van der Waals surface area (Å²) >= 11 is 11.6. The number of hydrogen-bond donors (Lipinski definition) is 3. The lowest BCUT2D eigenvalue weighted by Gasteiger charge is -2.30. The average Bonchev–Trinajstić information content (AvgIpc) is 3.50. The summed E-state index contributed by atoms with van der Waals surface area (Å²) in [4.78, 5) is 6.91. The zero-order valence-corrected chi connectivity index (χ0v) is 18.1. The Bertz CT molecular complexity index is 1030. The van der Waals surface area contributed by atoms with Crippen molar-refractivity contribution in [1.29, 1.82) is 0 Å². The monoisotopic (exact) mass is 541 g/mol. The molecule has 5 nitrogen and oxygen atoms in total. The molecular weight excluding hydrogens is 528 g/mol. The summed E-state index contributed by atoms with van der Waals surface area (Å²) < 4.78 is 120. The Labute approximate surface area is 195 Å². The van der Waals surface area contributed by atoms with Crippen molar-refractivity contribution in [2.75, 3.05) is 6.54 Å². The van der Waals surface area contributed by atoms with Crippen molar-refractivity contribution in [3.63, 3.8) is 0 Å². The third-order valence-corrected chi connectivity index (χ3v) is 5.32. The van der Waals surface area contributed by atoms with Gasteiger partial charge in [-0.15, -0.1) is 0 Å². The van der Waals surface area contributed by atoms with Gasteiger partial charge < -0.3 is 11.1 Å². The zero-order chi connectivity index (χ0) is 25.6. The van der Waals surface area contributed by atoms with E-state index in [9.17, 15) is 39.5 Å². The average molecular weight is 542 g/mol. The second-order valence-electron chi connectivity index (χ2n) is 7.42. The van der Waals surface area contributed by atoms with Crippen LogP contribution in [0, 0.1) is 5.92 Å². The Kier molecular flexibility index (Phi) is 7.08. The third kappa shape index (κ3) is 6.08. The molecule has 1 fully saturated rings. The first-order chi connectivity index (χ1) is 15.5. The molecule has 0 spiro atoms. The van der Waals surface area contributed by atoms with Gasteiger partial charge >= 0.3 is 18.5 Å². The maximum Gasteiger partial charge on any atom is 0.449 e. The molecule has 1 heterocycles. The first-order valence-electron chi connectivity index (χ1n) is 9.36. The normalized spacial score (nSPS) is 20.4. The van der Waals surface area contributed by atoms with E-state index in [4.69, 9.17) is 28.9 Å². The van der Waals surface area contributed by atoms with E-state index in [1.54, 1.807) is 0 Å². The molecule has 0 radical (unpaired) electrons. The molecule has 1 atom stereocenters. The third-order valence-electron chi connectivity index (χ3n) is 4.75. The number of amidine groups is 2.